The number of ether oxygens (including phenoxy) is 1. The van der Waals surface area contributed by atoms with Crippen LogP contribution in [-0.4, -0.2) is 58.1 Å². The van der Waals surface area contributed by atoms with Gasteiger partial charge in [0.15, 0.2) is 0 Å². The minimum atomic E-state index is -1.49. The molecule has 0 spiro atoms. The van der Waals surface area contributed by atoms with Gasteiger partial charge >= 0.3 is 0 Å². The van der Waals surface area contributed by atoms with E-state index in [1.54, 1.807) is 0 Å². The third-order valence-corrected chi connectivity index (χ3v) is 4.65. The van der Waals surface area contributed by atoms with Crippen molar-refractivity contribution >= 4 is 5.71 Å². The summed E-state index contributed by atoms with van der Waals surface area (Å²) in [4.78, 5) is 2.33. The van der Waals surface area contributed by atoms with Gasteiger partial charge in [-0.3, -0.25) is 4.63 Å². The first-order valence-corrected chi connectivity index (χ1v) is 7.07. The average Bonchev–Trinajstić information content (AvgIpc) is 3.00. The quantitative estimate of drug-likeness (QED) is 0.493. The van der Waals surface area contributed by atoms with Gasteiger partial charge in [0.25, 0.3) is 5.69 Å². The molecule has 3 aliphatic rings. The van der Waals surface area contributed by atoms with E-state index in [9.17, 15) is 15.5 Å². The Bertz CT molecular complexity index is 609. The second-order valence-corrected chi connectivity index (χ2v) is 5.69. The maximum absolute atomic E-state index is 12.6. The van der Waals surface area contributed by atoms with Crippen molar-refractivity contribution in [1.82, 2.24) is 10.1 Å². The van der Waals surface area contributed by atoms with Crippen molar-refractivity contribution in [2.24, 2.45) is 0 Å². The molecule has 0 saturated carbocycles. The second kappa shape index (κ2) is 4.39. The fraction of sp³-hybridized carbons (Fsp3) is 0.750. The molecule has 2 aliphatic heterocycles. The van der Waals surface area contributed by atoms with Crippen molar-refractivity contribution in [1.29, 1.82) is 0 Å². The zero-order valence-corrected chi connectivity index (χ0v) is 11.4. The predicted molar refractivity (Wildman–Crippen MR) is 67.1 cm³/mol. The Hall–Kier alpha value is -1.71. The smallest absolute Gasteiger partial charge is 0.263 e. The molecule has 2 atom stereocenters. The molecule has 1 aromatic heterocycles. The van der Waals surface area contributed by atoms with Gasteiger partial charge in [0.1, 0.15) is 0 Å². The maximum atomic E-state index is 12.6. The molecule has 0 radical (unpaired) electrons. The number of morpholine rings is 1. The van der Waals surface area contributed by atoms with Gasteiger partial charge in [-0.05, 0) is 4.90 Å². The molecule has 0 amide bonds. The largest absolute Gasteiger partial charge is 0.623 e. The third kappa shape index (κ3) is 1.71. The lowest BCUT2D eigenvalue weighted by molar-refractivity contribution is -0.808. The van der Waals surface area contributed by atoms with E-state index in [4.69, 9.17) is 4.74 Å². The van der Waals surface area contributed by atoms with Crippen LogP contribution in [0.1, 0.15) is 24.2 Å². The minimum Gasteiger partial charge on any atom is -0.623 e. The molecule has 1 saturated heterocycles. The summed E-state index contributed by atoms with van der Waals surface area (Å²) in [7, 11) is 0. The van der Waals surface area contributed by atoms with Gasteiger partial charge in [-0.25, -0.2) is 4.90 Å². The van der Waals surface area contributed by atoms with Gasteiger partial charge in [-0.15, -0.1) is 0 Å². The minimum absolute atomic E-state index is 0.190. The lowest BCUT2D eigenvalue weighted by Crippen LogP contribution is -2.47. The number of fused-ring (bicyclic) bond motifs is 3. The lowest BCUT2D eigenvalue weighted by atomic mass is 9.82. The monoisotopic (exact) mass is 296 g/mol. The summed E-state index contributed by atoms with van der Waals surface area (Å²) < 4.78 is 10.8. The number of hydroxylamine groups is 1. The van der Waals surface area contributed by atoms with Crippen LogP contribution in [0.15, 0.2) is 4.63 Å². The van der Waals surface area contributed by atoms with Crippen LogP contribution in [0.3, 0.4) is 0 Å². The fourth-order valence-electron chi connectivity index (χ4n) is 3.56. The molecule has 1 N–H and O–H groups in total. The van der Waals surface area contributed by atoms with Crippen LogP contribution in [0, 0.1) is 10.4 Å². The Morgan fingerprint density at radius 3 is 2.81 bits per heavy atom. The molecule has 0 aromatic carbocycles. The van der Waals surface area contributed by atoms with Crippen LogP contribution in [0.25, 0.3) is 0 Å². The first kappa shape index (κ1) is 13.0. The molecule has 1 aromatic rings. The summed E-state index contributed by atoms with van der Waals surface area (Å²) in [6, 6.07) is 0. The van der Waals surface area contributed by atoms with E-state index < -0.39 is 11.8 Å². The molecule has 114 valence electrons. The van der Waals surface area contributed by atoms with Crippen LogP contribution in [0.2, 0.25) is 0 Å². The Labute approximate surface area is 120 Å². The molecule has 4 rings (SSSR count). The van der Waals surface area contributed by atoms with Gasteiger partial charge in [0.2, 0.25) is 23.2 Å². The molecule has 1 fully saturated rings. The molecule has 0 unspecified atom stereocenters. The molecular weight excluding hydrogens is 280 g/mol. The molecule has 1 aliphatic carbocycles. The van der Waals surface area contributed by atoms with E-state index in [1.165, 1.54) is 0 Å². The SMILES string of the molecule is [O-][N+]1=C2CCc3c(no[n+]3[O-])[C@@]2(O)C[C@H]1N1CCOCC1. The number of hydrogen-bond acceptors (Lipinski definition) is 7. The molecular formula is C12H16N4O5. The van der Waals surface area contributed by atoms with Crippen LogP contribution < -0.4 is 4.90 Å². The Morgan fingerprint density at radius 1 is 1.29 bits per heavy atom. The zero-order chi connectivity index (χ0) is 14.6. The number of nitrogens with zero attached hydrogens (tertiary/aromatic N) is 4. The third-order valence-electron chi connectivity index (χ3n) is 4.65. The summed E-state index contributed by atoms with van der Waals surface area (Å²) in [5.41, 5.74) is -0.606. The van der Waals surface area contributed by atoms with Crippen LogP contribution >= 0.6 is 0 Å². The van der Waals surface area contributed by atoms with Crippen molar-refractivity contribution < 1.29 is 24.1 Å². The fourth-order valence-corrected chi connectivity index (χ4v) is 3.56. The molecule has 9 heteroatoms. The molecule has 3 heterocycles. The first-order valence-electron chi connectivity index (χ1n) is 7.07. The standard InChI is InChI=1S/C12H16N4O5/c17-12-7-10(14-3-5-20-6-4-14)15(18)9(12)2-1-8-11(12)13-21-16(8)19/h10,17H,1-7H2/t10-,12+/m0/s1. The highest BCUT2D eigenvalue weighted by Gasteiger charge is 2.60. The normalized spacial score (nSPS) is 33.1. The maximum Gasteiger partial charge on any atom is 0.263 e. The van der Waals surface area contributed by atoms with Gasteiger partial charge in [-0.1, -0.05) is 0 Å². The molecule has 21 heavy (non-hydrogen) atoms. The van der Waals surface area contributed by atoms with E-state index in [0.29, 0.717) is 55.5 Å². The highest BCUT2D eigenvalue weighted by molar-refractivity contribution is 5.91. The van der Waals surface area contributed by atoms with Crippen LogP contribution in [-0.2, 0) is 16.8 Å². The van der Waals surface area contributed by atoms with Crippen molar-refractivity contribution in [3.63, 3.8) is 0 Å². The number of hydrogen-bond donors (Lipinski definition) is 1. The van der Waals surface area contributed by atoms with Crippen LogP contribution in [0.5, 0.6) is 0 Å². The number of aliphatic hydroxyl groups is 1. The van der Waals surface area contributed by atoms with Crippen molar-refractivity contribution in [3.8, 4) is 0 Å². The Kier molecular flexibility index (Phi) is 2.72. The summed E-state index contributed by atoms with van der Waals surface area (Å²) in [6.07, 6.45) is 0.452. The summed E-state index contributed by atoms with van der Waals surface area (Å²) in [6.45, 7) is 2.46. The average molecular weight is 296 g/mol. The predicted octanol–water partition coefficient (Wildman–Crippen LogP) is -1.54. The lowest BCUT2D eigenvalue weighted by Gasteiger charge is -2.30. The van der Waals surface area contributed by atoms with E-state index in [1.807, 2.05) is 4.90 Å². The number of rotatable bonds is 1. The van der Waals surface area contributed by atoms with E-state index in [-0.39, 0.29) is 12.1 Å². The summed E-state index contributed by atoms with van der Waals surface area (Å²) >= 11 is 0. The van der Waals surface area contributed by atoms with Gasteiger partial charge in [0.05, 0.1) is 19.6 Å². The van der Waals surface area contributed by atoms with Crippen molar-refractivity contribution in [2.75, 3.05) is 26.3 Å². The number of aromatic nitrogens is 2. The first-order chi connectivity index (χ1) is 10.1. The van der Waals surface area contributed by atoms with E-state index in [2.05, 4.69) is 9.79 Å². The van der Waals surface area contributed by atoms with Gasteiger partial charge in [-0.2, -0.15) is 4.74 Å². The topological polar surface area (TPSA) is 112 Å². The Balaban J connectivity index is 1.72. The Morgan fingerprint density at radius 2 is 2.05 bits per heavy atom. The summed E-state index contributed by atoms with van der Waals surface area (Å²) in [5.74, 6) is 0. The molecule has 0 bridgehead atoms. The van der Waals surface area contributed by atoms with Crippen LogP contribution in [0.4, 0.5) is 0 Å². The second-order valence-electron chi connectivity index (χ2n) is 5.69. The van der Waals surface area contributed by atoms with Gasteiger partial charge < -0.3 is 20.3 Å². The zero-order valence-electron chi connectivity index (χ0n) is 11.4. The van der Waals surface area contributed by atoms with Crippen molar-refractivity contribution in [3.05, 3.63) is 21.8 Å². The molecule has 9 nitrogen and oxygen atoms in total. The van der Waals surface area contributed by atoms with Crippen molar-refractivity contribution in [2.45, 2.75) is 31.0 Å². The van der Waals surface area contributed by atoms with E-state index in [0.717, 1.165) is 4.74 Å². The summed E-state index contributed by atoms with van der Waals surface area (Å²) in [5, 5.41) is 38.7. The van der Waals surface area contributed by atoms with Gasteiger partial charge in [0, 0.05) is 31.1 Å². The highest BCUT2D eigenvalue weighted by Crippen LogP contribution is 2.40. The highest BCUT2D eigenvalue weighted by atomic mass is 16.8. The van der Waals surface area contributed by atoms with E-state index >= 15 is 0 Å².